The van der Waals surface area contributed by atoms with Gasteiger partial charge in [0.15, 0.2) is 0 Å². The molecular formula is C6H7ClN2O. The third-order valence-electron chi connectivity index (χ3n) is 1.04. The molecule has 10 heavy (non-hydrogen) atoms. The highest BCUT2D eigenvalue weighted by Gasteiger charge is 2.02. The molecule has 0 aliphatic carbocycles. The van der Waals surface area contributed by atoms with Crippen LogP contribution in [0.15, 0.2) is 23.0 Å². The van der Waals surface area contributed by atoms with E-state index in [1.807, 2.05) is 6.07 Å². The number of halogens is 1. The normalized spacial score (nSPS) is 11.2. The Morgan fingerprint density at radius 2 is 2.40 bits per heavy atom. The molecule has 1 aromatic heterocycles. The van der Waals surface area contributed by atoms with Gasteiger partial charge in [-0.05, 0) is 6.07 Å². The molecule has 0 saturated heterocycles. The van der Waals surface area contributed by atoms with Gasteiger partial charge in [-0.2, -0.15) is 5.26 Å². The minimum Gasteiger partial charge on any atom is -0.472 e. The Labute approximate surface area is 64.8 Å². The van der Waals surface area contributed by atoms with Crippen molar-refractivity contribution in [2.24, 2.45) is 5.73 Å². The minimum absolute atomic E-state index is 0. The van der Waals surface area contributed by atoms with Crippen LogP contribution in [0, 0.1) is 11.3 Å². The molecule has 0 radical (unpaired) electrons. The lowest BCUT2D eigenvalue weighted by Gasteiger charge is -1.92. The number of nitrogens with zero attached hydrogens (tertiary/aromatic N) is 1. The van der Waals surface area contributed by atoms with Crippen molar-refractivity contribution in [1.29, 1.82) is 5.26 Å². The Morgan fingerprint density at radius 1 is 1.70 bits per heavy atom. The molecule has 1 heterocycles. The molecule has 0 aromatic carbocycles. The summed E-state index contributed by atoms with van der Waals surface area (Å²) in [7, 11) is 0. The van der Waals surface area contributed by atoms with Crippen molar-refractivity contribution in [2.45, 2.75) is 6.04 Å². The molecular weight excluding hydrogens is 152 g/mol. The average molecular weight is 159 g/mol. The maximum absolute atomic E-state index is 8.29. The molecule has 0 spiro atoms. The van der Waals surface area contributed by atoms with E-state index in [9.17, 15) is 0 Å². The SMILES string of the molecule is Cl.N#CC(N)c1ccoc1. The van der Waals surface area contributed by atoms with Crippen LogP contribution in [0.1, 0.15) is 11.6 Å². The summed E-state index contributed by atoms with van der Waals surface area (Å²) in [5.74, 6) is 0. The first-order valence-corrected chi connectivity index (χ1v) is 2.52. The van der Waals surface area contributed by atoms with Crippen molar-refractivity contribution >= 4 is 12.4 Å². The molecule has 2 N–H and O–H groups in total. The maximum atomic E-state index is 8.29. The van der Waals surface area contributed by atoms with E-state index in [1.54, 1.807) is 6.07 Å². The van der Waals surface area contributed by atoms with E-state index in [1.165, 1.54) is 12.5 Å². The molecule has 0 saturated carbocycles. The van der Waals surface area contributed by atoms with Crippen LogP contribution in [-0.2, 0) is 0 Å². The standard InChI is InChI=1S/C6H6N2O.ClH/c7-3-6(8)5-1-2-9-4-5;/h1-2,4,6H,8H2;1H. The molecule has 54 valence electrons. The van der Waals surface area contributed by atoms with Gasteiger partial charge in [0.05, 0.1) is 18.6 Å². The quantitative estimate of drug-likeness (QED) is 0.669. The molecule has 0 fully saturated rings. The molecule has 0 aliphatic heterocycles. The van der Waals surface area contributed by atoms with Gasteiger partial charge in [0.25, 0.3) is 0 Å². The first-order chi connectivity index (χ1) is 4.34. The molecule has 1 aromatic rings. The van der Waals surface area contributed by atoms with Crippen molar-refractivity contribution in [2.75, 3.05) is 0 Å². The topological polar surface area (TPSA) is 63.0 Å². The number of nitrogens with two attached hydrogens (primary N) is 1. The zero-order valence-electron chi connectivity index (χ0n) is 5.15. The van der Waals surface area contributed by atoms with Crippen molar-refractivity contribution in [3.8, 4) is 6.07 Å². The smallest absolute Gasteiger partial charge is 0.121 e. The van der Waals surface area contributed by atoms with Crippen LogP contribution < -0.4 is 5.73 Å². The summed E-state index contributed by atoms with van der Waals surface area (Å²) in [6, 6.07) is 3.01. The lowest BCUT2D eigenvalue weighted by molar-refractivity contribution is 0.562. The second-order valence-corrected chi connectivity index (χ2v) is 1.66. The number of rotatable bonds is 1. The van der Waals surface area contributed by atoms with Crippen LogP contribution in [0.5, 0.6) is 0 Å². The van der Waals surface area contributed by atoms with Crippen molar-refractivity contribution in [1.82, 2.24) is 0 Å². The van der Waals surface area contributed by atoms with E-state index in [0.717, 1.165) is 5.56 Å². The Bertz CT molecular complexity index is 214. The van der Waals surface area contributed by atoms with E-state index in [4.69, 9.17) is 15.4 Å². The van der Waals surface area contributed by atoms with Gasteiger partial charge < -0.3 is 10.2 Å². The highest BCUT2D eigenvalue weighted by atomic mass is 35.5. The Balaban J connectivity index is 0.000000810. The van der Waals surface area contributed by atoms with Crippen LogP contribution in [-0.4, -0.2) is 0 Å². The number of hydrogen-bond acceptors (Lipinski definition) is 3. The van der Waals surface area contributed by atoms with E-state index in [-0.39, 0.29) is 12.4 Å². The fourth-order valence-electron chi connectivity index (χ4n) is 0.526. The van der Waals surface area contributed by atoms with Gasteiger partial charge >= 0.3 is 0 Å². The summed E-state index contributed by atoms with van der Waals surface area (Å²) < 4.78 is 4.71. The summed E-state index contributed by atoms with van der Waals surface area (Å²) in [5, 5.41) is 8.29. The largest absolute Gasteiger partial charge is 0.472 e. The van der Waals surface area contributed by atoms with Gasteiger partial charge in [-0.15, -0.1) is 12.4 Å². The van der Waals surface area contributed by atoms with Gasteiger partial charge in [-0.25, -0.2) is 0 Å². The monoisotopic (exact) mass is 158 g/mol. The van der Waals surface area contributed by atoms with Crippen LogP contribution in [0.3, 0.4) is 0 Å². The predicted molar refractivity (Wildman–Crippen MR) is 38.5 cm³/mol. The zero-order valence-corrected chi connectivity index (χ0v) is 5.97. The molecule has 3 nitrogen and oxygen atoms in total. The van der Waals surface area contributed by atoms with Crippen molar-refractivity contribution in [3.05, 3.63) is 24.2 Å². The third-order valence-corrected chi connectivity index (χ3v) is 1.04. The summed E-state index contributed by atoms with van der Waals surface area (Å²) in [4.78, 5) is 0. The summed E-state index contributed by atoms with van der Waals surface area (Å²) in [5.41, 5.74) is 6.04. The lowest BCUT2D eigenvalue weighted by Crippen LogP contribution is -2.05. The highest BCUT2D eigenvalue weighted by molar-refractivity contribution is 5.85. The fraction of sp³-hybridized carbons (Fsp3) is 0.167. The molecule has 1 atom stereocenters. The Morgan fingerprint density at radius 3 is 2.80 bits per heavy atom. The van der Waals surface area contributed by atoms with Crippen LogP contribution in [0.25, 0.3) is 0 Å². The lowest BCUT2D eigenvalue weighted by atomic mass is 10.2. The average Bonchev–Trinajstić information content (AvgIpc) is 2.37. The molecule has 1 unspecified atom stereocenters. The summed E-state index contributed by atoms with van der Waals surface area (Å²) in [6.07, 6.45) is 2.96. The van der Waals surface area contributed by atoms with Gasteiger partial charge in [0.2, 0.25) is 0 Å². The van der Waals surface area contributed by atoms with Gasteiger partial charge in [-0.1, -0.05) is 0 Å². The second-order valence-electron chi connectivity index (χ2n) is 1.66. The minimum atomic E-state index is -0.552. The molecule has 1 rings (SSSR count). The molecule has 0 aliphatic rings. The van der Waals surface area contributed by atoms with E-state index < -0.39 is 6.04 Å². The van der Waals surface area contributed by atoms with Crippen molar-refractivity contribution < 1.29 is 4.42 Å². The van der Waals surface area contributed by atoms with Gasteiger partial charge in [0, 0.05) is 5.56 Å². The van der Waals surface area contributed by atoms with Crippen LogP contribution >= 0.6 is 12.4 Å². The second kappa shape index (κ2) is 3.94. The predicted octanol–water partition coefficient (Wildman–Crippen LogP) is 1.22. The first-order valence-electron chi connectivity index (χ1n) is 2.52. The van der Waals surface area contributed by atoms with E-state index in [0.29, 0.717) is 0 Å². The van der Waals surface area contributed by atoms with E-state index >= 15 is 0 Å². The fourth-order valence-corrected chi connectivity index (χ4v) is 0.526. The molecule has 0 amide bonds. The van der Waals surface area contributed by atoms with Gasteiger partial charge in [0.1, 0.15) is 6.04 Å². The van der Waals surface area contributed by atoms with E-state index in [2.05, 4.69) is 0 Å². The summed E-state index contributed by atoms with van der Waals surface area (Å²) in [6.45, 7) is 0. The van der Waals surface area contributed by atoms with Crippen LogP contribution in [0.4, 0.5) is 0 Å². The van der Waals surface area contributed by atoms with Crippen LogP contribution in [0.2, 0.25) is 0 Å². The number of hydrogen-bond donors (Lipinski definition) is 1. The maximum Gasteiger partial charge on any atom is 0.121 e. The molecule has 0 bridgehead atoms. The Hall–Kier alpha value is -0.980. The third kappa shape index (κ3) is 1.76. The number of nitriles is 1. The molecule has 4 heteroatoms. The summed E-state index contributed by atoms with van der Waals surface area (Å²) >= 11 is 0. The highest BCUT2D eigenvalue weighted by Crippen LogP contribution is 2.07. The Kier molecular flexibility index (Phi) is 3.55. The number of furan rings is 1. The zero-order chi connectivity index (χ0) is 6.69. The first kappa shape index (κ1) is 9.02. The van der Waals surface area contributed by atoms with Gasteiger partial charge in [-0.3, -0.25) is 0 Å². The van der Waals surface area contributed by atoms with Crippen molar-refractivity contribution in [3.63, 3.8) is 0 Å².